The van der Waals surface area contributed by atoms with Gasteiger partial charge in [0.25, 0.3) is 11.8 Å². The van der Waals surface area contributed by atoms with Crippen molar-refractivity contribution in [2.24, 2.45) is 0 Å². The van der Waals surface area contributed by atoms with Crippen LogP contribution >= 0.6 is 38.5 Å². The Morgan fingerprint density at radius 2 is 1.93 bits per heavy atom. The summed E-state index contributed by atoms with van der Waals surface area (Å²) in [5.74, 6) is -1.62. The summed E-state index contributed by atoms with van der Waals surface area (Å²) in [4.78, 5) is 38.4. The largest absolute Gasteiger partial charge is 0.504 e. The molecular weight excluding hydrogens is 543 g/mol. The summed E-state index contributed by atoms with van der Waals surface area (Å²) in [7, 11) is 1.40. The number of imide groups is 2. The first kappa shape index (κ1) is 20.3. The van der Waals surface area contributed by atoms with Gasteiger partial charge in [-0.2, -0.15) is 0 Å². The average Bonchev–Trinajstić information content (AvgIpc) is 2.63. The summed E-state index contributed by atoms with van der Waals surface area (Å²) in [6.45, 7) is 1.82. The van der Waals surface area contributed by atoms with Gasteiger partial charge < -0.3 is 9.84 Å². The van der Waals surface area contributed by atoms with Gasteiger partial charge in [0.1, 0.15) is 5.57 Å². The average molecular weight is 557 g/mol. The van der Waals surface area contributed by atoms with Crippen molar-refractivity contribution < 1.29 is 24.2 Å². The molecule has 4 amide bonds. The first-order valence-corrected chi connectivity index (χ1v) is 9.84. The van der Waals surface area contributed by atoms with Gasteiger partial charge >= 0.3 is 6.03 Å². The topological polar surface area (TPSA) is 95.9 Å². The van der Waals surface area contributed by atoms with Crippen molar-refractivity contribution in [2.45, 2.75) is 6.92 Å². The van der Waals surface area contributed by atoms with Crippen molar-refractivity contribution in [1.29, 1.82) is 0 Å². The molecule has 28 heavy (non-hydrogen) atoms. The fourth-order valence-corrected chi connectivity index (χ4v) is 3.54. The number of aromatic hydroxyl groups is 1. The number of anilines is 1. The van der Waals surface area contributed by atoms with Crippen LogP contribution in [0.5, 0.6) is 11.5 Å². The smallest absolute Gasteiger partial charge is 0.335 e. The molecule has 2 aromatic rings. The molecule has 0 spiro atoms. The van der Waals surface area contributed by atoms with Gasteiger partial charge in [-0.25, -0.2) is 9.69 Å². The van der Waals surface area contributed by atoms with Gasteiger partial charge in [-0.15, -0.1) is 0 Å². The highest BCUT2D eigenvalue weighted by Crippen LogP contribution is 2.34. The molecule has 0 aromatic heterocycles. The molecule has 1 fully saturated rings. The number of hydrogen-bond acceptors (Lipinski definition) is 5. The lowest BCUT2D eigenvalue weighted by atomic mass is 10.1. The first-order valence-electron chi connectivity index (χ1n) is 7.97. The number of aryl methyl sites for hydroxylation is 1. The van der Waals surface area contributed by atoms with E-state index in [2.05, 4.69) is 21.2 Å². The number of phenolic OH excluding ortho intramolecular Hbond substituents is 1. The van der Waals surface area contributed by atoms with Gasteiger partial charge in [-0.1, -0.05) is 15.9 Å². The molecule has 0 radical (unpaired) electrons. The van der Waals surface area contributed by atoms with Crippen molar-refractivity contribution >= 4 is 68.1 Å². The number of nitrogens with one attached hydrogen (secondary N) is 1. The number of barbiturate groups is 1. The molecule has 3 rings (SSSR count). The molecule has 0 aliphatic carbocycles. The van der Waals surface area contributed by atoms with E-state index in [4.69, 9.17) is 4.74 Å². The second-order valence-corrected chi connectivity index (χ2v) is 8.04. The van der Waals surface area contributed by atoms with Crippen LogP contribution in [0.15, 0.2) is 40.4 Å². The fourth-order valence-electron chi connectivity index (χ4n) is 2.68. The minimum Gasteiger partial charge on any atom is -0.504 e. The highest BCUT2D eigenvalue weighted by Gasteiger charge is 2.37. The maximum atomic E-state index is 12.9. The number of carbonyl (C=O) groups is 3. The minimum absolute atomic E-state index is 0.207. The third-order valence-electron chi connectivity index (χ3n) is 4.09. The quantitative estimate of drug-likeness (QED) is 0.341. The Labute approximate surface area is 182 Å². The van der Waals surface area contributed by atoms with Crippen LogP contribution < -0.4 is 15.0 Å². The highest BCUT2D eigenvalue weighted by atomic mass is 127. The van der Waals surface area contributed by atoms with Crippen molar-refractivity contribution in [1.82, 2.24) is 5.32 Å². The van der Waals surface area contributed by atoms with E-state index in [0.29, 0.717) is 5.69 Å². The Morgan fingerprint density at radius 1 is 1.21 bits per heavy atom. The van der Waals surface area contributed by atoms with Crippen LogP contribution in [0.25, 0.3) is 6.08 Å². The second-order valence-electron chi connectivity index (χ2n) is 5.94. The number of ether oxygens (including phenoxy) is 1. The molecule has 1 saturated heterocycles. The summed E-state index contributed by atoms with van der Waals surface area (Å²) < 4.78 is 6.66. The Morgan fingerprint density at radius 3 is 2.57 bits per heavy atom. The van der Waals surface area contributed by atoms with E-state index < -0.39 is 17.8 Å². The van der Waals surface area contributed by atoms with E-state index in [9.17, 15) is 19.5 Å². The molecule has 1 aliphatic rings. The van der Waals surface area contributed by atoms with E-state index >= 15 is 0 Å². The SMILES string of the molecule is COc1cc(I)cc(/C=C2\C(=O)NC(=O)N(c3ccc(Br)c(C)c3)C2=O)c1O. The molecule has 0 bridgehead atoms. The lowest BCUT2D eigenvalue weighted by Gasteiger charge is -2.26. The molecule has 0 unspecified atom stereocenters. The summed E-state index contributed by atoms with van der Waals surface area (Å²) in [5.41, 5.74) is 1.09. The predicted octanol–water partition coefficient (Wildman–Crippen LogP) is 3.74. The molecular formula is C19H14BrIN2O5. The van der Waals surface area contributed by atoms with Gasteiger partial charge in [-0.05, 0) is 71.5 Å². The number of carbonyl (C=O) groups excluding carboxylic acids is 3. The van der Waals surface area contributed by atoms with Crippen LogP contribution in [0.1, 0.15) is 11.1 Å². The number of amides is 4. The third kappa shape index (κ3) is 3.76. The molecule has 7 nitrogen and oxygen atoms in total. The Balaban J connectivity index is 2.09. The molecule has 1 heterocycles. The normalized spacial score (nSPS) is 15.8. The molecule has 2 N–H and O–H groups in total. The number of benzene rings is 2. The van der Waals surface area contributed by atoms with Crippen LogP contribution in [0.4, 0.5) is 10.5 Å². The van der Waals surface area contributed by atoms with Crippen molar-refractivity contribution in [3.05, 3.63) is 55.1 Å². The summed E-state index contributed by atoms with van der Waals surface area (Å²) >= 11 is 5.39. The van der Waals surface area contributed by atoms with Crippen molar-refractivity contribution in [3.63, 3.8) is 0 Å². The van der Waals surface area contributed by atoms with Gasteiger partial charge in [0.2, 0.25) is 0 Å². The number of hydrogen-bond donors (Lipinski definition) is 2. The maximum Gasteiger partial charge on any atom is 0.335 e. The van der Waals surface area contributed by atoms with Gasteiger partial charge in [0.05, 0.1) is 12.8 Å². The van der Waals surface area contributed by atoms with Crippen molar-refractivity contribution in [2.75, 3.05) is 12.0 Å². The van der Waals surface area contributed by atoms with E-state index in [1.54, 1.807) is 30.3 Å². The standard InChI is InChI=1S/C19H14BrIN2O5/c1-9-5-12(3-4-14(9)20)23-18(26)13(17(25)22-19(23)27)7-10-6-11(21)8-15(28-2)16(10)24/h3-8,24H,1-2H3,(H,22,25,27)/b13-7+. The summed E-state index contributed by atoms with van der Waals surface area (Å²) in [6, 6.07) is 7.33. The zero-order chi connectivity index (χ0) is 20.6. The van der Waals surface area contributed by atoms with Gasteiger partial charge in [-0.3, -0.25) is 14.9 Å². The van der Waals surface area contributed by atoms with Crippen LogP contribution in [-0.2, 0) is 9.59 Å². The van der Waals surface area contributed by atoms with E-state index in [1.165, 1.54) is 13.2 Å². The van der Waals surface area contributed by atoms with E-state index in [-0.39, 0.29) is 22.6 Å². The van der Waals surface area contributed by atoms with Crippen LogP contribution in [0, 0.1) is 10.5 Å². The number of phenols is 1. The first-order chi connectivity index (χ1) is 13.2. The zero-order valence-electron chi connectivity index (χ0n) is 14.7. The molecule has 9 heteroatoms. The van der Waals surface area contributed by atoms with Crippen LogP contribution in [0.3, 0.4) is 0 Å². The van der Waals surface area contributed by atoms with Gasteiger partial charge in [0.15, 0.2) is 11.5 Å². The van der Waals surface area contributed by atoms with Crippen LogP contribution in [-0.4, -0.2) is 30.1 Å². The monoisotopic (exact) mass is 556 g/mol. The minimum atomic E-state index is -0.836. The number of rotatable bonds is 3. The van der Waals surface area contributed by atoms with E-state index in [0.717, 1.165) is 18.5 Å². The third-order valence-corrected chi connectivity index (χ3v) is 5.60. The maximum absolute atomic E-state index is 12.9. The zero-order valence-corrected chi connectivity index (χ0v) is 18.5. The highest BCUT2D eigenvalue weighted by molar-refractivity contribution is 14.1. The predicted molar refractivity (Wildman–Crippen MR) is 115 cm³/mol. The Bertz CT molecular complexity index is 1050. The lowest BCUT2D eigenvalue weighted by Crippen LogP contribution is -2.54. The number of urea groups is 1. The van der Waals surface area contributed by atoms with Gasteiger partial charge in [0, 0.05) is 13.6 Å². The number of halogens is 2. The number of methoxy groups -OCH3 is 1. The lowest BCUT2D eigenvalue weighted by molar-refractivity contribution is -0.122. The Kier molecular flexibility index (Phi) is 5.75. The summed E-state index contributed by atoms with van der Waals surface area (Å²) in [5, 5.41) is 12.5. The molecule has 2 aromatic carbocycles. The molecule has 144 valence electrons. The molecule has 1 aliphatic heterocycles. The fraction of sp³-hybridized carbons (Fsp3) is 0.105. The van der Waals surface area contributed by atoms with Crippen LogP contribution in [0.2, 0.25) is 0 Å². The van der Waals surface area contributed by atoms with Crippen molar-refractivity contribution in [3.8, 4) is 11.5 Å². The Hall–Kier alpha value is -2.40. The van der Waals surface area contributed by atoms with E-state index in [1.807, 2.05) is 29.5 Å². The molecule has 0 saturated carbocycles. The second kappa shape index (κ2) is 7.92. The molecule has 0 atom stereocenters. The summed E-state index contributed by atoms with van der Waals surface area (Å²) in [6.07, 6.45) is 1.24. The number of nitrogens with zero attached hydrogens (tertiary/aromatic N) is 1.